The molecule has 2 unspecified atom stereocenters. The number of hydrogen-bond donors (Lipinski definition) is 0. The van der Waals surface area contributed by atoms with E-state index in [-0.39, 0.29) is 5.91 Å². The molecule has 0 aliphatic carbocycles. The first-order valence-corrected chi connectivity index (χ1v) is 8.02. The van der Waals surface area contributed by atoms with E-state index in [1.54, 1.807) is 11.3 Å². The second kappa shape index (κ2) is 4.39. The lowest BCUT2D eigenvalue weighted by Gasteiger charge is -2.37. The lowest BCUT2D eigenvalue weighted by molar-refractivity contribution is 0.0603. The maximum atomic E-state index is 12.6. The summed E-state index contributed by atoms with van der Waals surface area (Å²) in [5, 5.41) is 4.06. The molecule has 0 saturated carbocycles. The summed E-state index contributed by atoms with van der Waals surface area (Å²) in [5.74, 6) is 0.260. The van der Waals surface area contributed by atoms with Crippen LogP contribution in [0.5, 0.6) is 0 Å². The minimum Gasteiger partial charge on any atom is -0.333 e. The molecule has 2 aliphatic rings. The van der Waals surface area contributed by atoms with Crippen LogP contribution in [-0.2, 0) is 0 Å². The van der Waals surface area contributed by atoms with Crippen LogP contribution in [0.2, 0.25) is 0 Å². The van der Waals surface area contributed by atoms with Crippen molar-refractivity contribution in [1.29, 1.82) is 0 Å². The fraction of sp³-hybridized carbons (Fsp3) is 0.615. The van der Waals surface area contributed by atoms with Crippen LogP contribution in [0.4, 0.5) is 0 Å². The predicted molar refractivity (Wildman–Crippen MR) is 74.0 cm³/mol. The van der Waals surface area contributed by atoms with Crippen molar-refractivity contribution in [1.82, 2.24) is 4.90 Å². The van der Waals surface area contributed by atoms with Crippen LogP contribution in [0.3, 0.4) is 0 Å². The molecule has 0 spiro atoms. The molecule has 0 N–H and O–H groups in total. The van der Waals surface area contributed by atoms with Gasteiger partial charge in [-0.05, 0) is 43.6 Å². The first kappa shape index (κ1) is 11.7. The molecule has 2 nitrogen and oxygen atoms in total. The molecule has 0 radical (unpaired) electrons. The molecule has 2 aliphatic heterocycles. The van der Waals surface area contributed by atoms with Gasteiger partial charge >= 0.3 is 0 Å². The summed E-state index contributed by atoms with van der Waals surface area (Å²) in [6.07, 6.45) is 4.60. The normalized spacial score (nSPS) is 31.9. The van der Waals surface area contributed by atoms with Crippen molar-refractivity contribution in [3.05, 3.63) is 21.9 Å². The number of halogens is 1. The molecule has 17 heavy (non-hydrogen) atoms. The maximum Gasteiger partial charge on any atom is 0.255 e. The molecule has 1 aromatic rings. The fourth-order valence-corrected chi connectivity index (χ4v) is 4.85. The Bertz CT molecular complexity index is 430. The van der Waals surface area contributed by atoms with E-state index in [1.165, 1.54) is 12.8 Å². The monoisotopic (exact) mass is 313 g/mol. The first-order chi connectivity index (χ1) is 8.16. The second-order valence-electron chi connectivity index (χ2n) is 5.13. The van der Waals surface area contributed by atoms with Crippen molar-refractivity contribution in [2.24, 2.45) is 0 Å². The zero-order chi connectivity index (χ0) is 12.0. The summed E-state index contributed by atoms with van der Waals surface area (Å²) < 4.78 is 0. The van der Waals surface area contributed by atoms with Gasteiger partial charge in [0.1, 0.15) is 0 Å². The highest BCUT2D eigenvalue weighted by Crippen LogP contribution is 2.39. The van der Waals surface area contributed by atoms with Gasteiger partial charge in [-0.1, -0.05) is 15.9 Å². The average molecular weight is 314 g/mol. The number of thiophene rings is 1. The standard InChI is InChI=1S/C13H16BrNOS/c1-8-6-17-7-12(8)13(16)15-10-2-3-11(15)5-9(14)4-10/h6-7,9-11H,2-5H2,1H3. The number of piperidine rings is 1. The quantitative estimate of drug-likeness (QED) is 0.726. The van der Waals surface area contributed by atoms with Crippen molar-refractivity contribution in [2.75, 3.05) is 0 Å². The van der Waals surface area contributed by atoms with Gasteiger partial charge in [0.05, 0.1) is 5.56 Å². The van der Waals surface area contributed by atoms with Crippen LogP contribution in [0.25, 0.3) is 0 Å². The third kappa shape index (κ3) is 1.95. The Kier molecular flexibility index (Phi) is 3.03. The number of carbonyl (C=O) groups excluding carboxylic acids is 1. The SMILES string of the molecule is Cc1cscc1C(=O)N1C2CCC1CC(Br)C2. The van der Waals surface area contributed by atoms with Crippen LogP contribution < -0.4 is 0 Å². The molecule has 2 bridgehead atoms. The predicted octanol–water partition coefficient (Wildman–Crippen LogP) is 3.59. The van der Waals surface area contributed by atoms with Crippen LogP contribution in [0, 0.1) is 6.92 Å². The summed E-state index contributed by atoms with van der Waals surface area (Å²) >= 11 is 5.34. The Morgan fingerprint density at radius 1 is 1.35 bits per heavy atom. The topological polar surface area (TPSA) is 20.3 Å². The molecular weight excluding hydrogens is 298 g/mol. The average Bonchev–Trinajstić information content (AvgIpc) is 2.81. The molecule has 4 heteroatoms. The van der Waals surface area contributed by atoms with E-state index in [2.05, 4.69) is 26.2 Å². The molecule has 2 atom stereocenters. The van der Waals surface area contributed by atoms with Crippen LogP contribution >= 0.6 is 27.3 Å². The summed E-state index contributed by atoms with van der Waals surface area (Å²) in [5.41, 5.74) is 2.04. The highest BCUT2D eigenvalue weighted by molar-refractivity contribution is 9.09. The van der Waals surface area contributed by atoms with E-state index in [1.807, 2.05) is 12.3 Å². The first-order valence-electron chi connectivity index (χ1n) is 6.16. The molecule has 3 rings (SSSR count). The number of carbonyl (C=O) groups is 1. The van der Waals surface area contributed by atoms with Gasteiger partial charge in [-0.15, -0.1) is 0 Å². The number of rotatable bonds is 1. The van der Waals surface area contributed by atoms with Gasteiger partial charge in [-0.2, -0.15) is 11.3 Å². The van der Waals surface area contributed by atoms with Crippen LogP contribution in [0.15, 0.2) is 10.8 Å². The van der Waals surface area contributed by atoms with Gasteiger partial charge in [-0.3, -0.25) is 4.79 Å². The summed E-state index contributed by atoms with van der Waals surface area (Å²) in [7, 11) is 0. The van der Waals surface area contributed by atoms with E-state index in [0.717, 1.165) is 24.0 Å². The number of amides is 1. The van der Waals surface area contributed by atoms with Gasteiger partial charge in [0.15, 0.2) is 0 Å². The van der Waals surface area contributed by atoms with Crippen molar-refractivity contribution in [3.63, 3.8) is 0 Å². The van der Waals surface area contributed by atoms with E-state index in [0.29, 0.717) is 16.9 Å². The molecule has 0 aromatic carbocycles. The largest absolute Gasteiger partial charge is 0.333 e. The molecule has 2 fully saturated rings. The Labute approximate surface area is 114 Å². The second-order valence-corrected chi connectivity index (χ2v) is 7.17. The third-order valence-electron chi connectivity index (χ3n) is 4.00. The van der Waals surface area contributed by atoms with Gasteiger partial charge in [0.25, 0.3) is 5.91 Å². The van der Waals surface area contributed by atoms with Gasteiger partial charge in [-0.25, -0.2) is 0 Å². The number of hydrogen-bond acceptors (Lipinski definition) is 2. The van der Waals surface area contributed by atoms with Gasteiger partial charge in [0, 0.05) is 22.3 Å². The molecule has 92 valence electrons. The van der Waals surface area contributed by atoms with Crippen molar-refractivity contribution in [3.8, 4) is 0 Å². The number of fused-ring (bicyclic) bond motifs is 2. The smallest absolute Gasteiger partial charge is 0.255 e. The van der Waals surface area contributed by atoms with Crippen molar-refractivity contribution in [2.45, 2.75) is 49.5 Å². The Morgan fingerprint density at radius 3 is 2.53 bits per heavy atom. The number of alkyl halides is 1. The van der Waals surface area contributed by atoms with E-state index in [4.69, 9.17) is 0 Å². The third-order valence-corrected chi connectivity index (χ3v) is 5.61. The zero-order valence-electron chi connectivity index (χ0n) is 9.86. The lowest BCUT2D eigenvalue weighted by atomic mass is 10.0. The molecule has 2 saturated heterocycles. The lowest BCUT2D eigenvalue weighted by Crippen LogP contribution is -2.46. The highest BCUT2D eigenvalue weighted by Gasteiger charge is 2.42. The fourth-order valence-electron chi connectivity index (χ4n) is 3.16. The Hall–Kier alpha value is -0.350. The molecule has 3 heterocycles. The van der Waals surface area contributed by atoms with E-state index in [9.17, 15) is 4.79 Å². The highest BCUT2D eigenvalue weighted by atomic mass is 79.9. The van der Waals surface area contributed by atoms with Crippen molar-refractivity contribution < 1.29 is 4.79 Å². The number of aryl methyl sites for hydroxylation is 1. The zero-order valence-corrected chi connectivity index (χ0v) is 12.3. The van der Waals surface area contributed by atoms with Crippen LogP contribution in [-0.4, -0.2) is 27.7 Å². The summed E-state index contributed by atoms with van der Waals surface area (Å²) in [6, 6.07) is 0.926. The number of nitrogens with zero attached hydrogens (tertiary/aromatic N) is 1. The minimum absolute atomic E-state index is 0.260. The van der Waals surface area contributed by atoms with Crippen molar-refractivity contribution >= 4 is 33.2 Å². The van der Waals surface area contributed by atoms with E-state index >= 15 is 0 Å². The molecule has 1 amide bonds. The minimum atomic E-state index is 0.260. The summed E-state index contributed by atoms with van der Waals surface area (Å²) in [4.78, 5) is 15.3. The maximum absolute atomic E-state index is 12.6. The van der Waals surface area contributed by atoms with E-state index < -0.39 is 0 Å². The van der Waals surface area contributed by atoms with Gasteiger partial charge in [0.2, 0.25) is 0 Å². The Balaban J connectivity index is 1.86. The molecular formula is C13H16BrNOS. The Morgan fingerprint density at radius 2 is 2.00 bits per heavy atom. The van der Waals surface area contributed by atoms with Crippen LogP contribution in [0.1, 0.15) is 41.6 Å². The molecule has 1 aromatic heterocycles. The van der Waals surface area contributed by atoms with Gasteiger partial charge < -0.3 is 4.90 Å². The summed E-state index contributed by atoms with van der Waals surface area (Å²) in [6.45, 7) is 2.03.